The molecule has 122 valence electrons. The summed E-state index contributed by atoms with van der Waals surface area (Å²) in [6.45, 7) is 0. The lowest BCUT2D eigenvalue weighted by atomic mass is 10.2. The first kappa shape index (κ1) is 15.7. The molecule has 0 unspecified atom stereocenters. The van der Waals surface area contributed by atoms with Gasteiger partial charge in [-0.05, 0) is 37.1 Å². The van der Waals surface area contributed by atoms with E-state index in [1.54, 1.807) is 0 Å². The Morgan fingerprint density at radius 1 is 1.35 bits per heavy atom. The summed E-state index contributed by atoms with van der Waals surface area (Å²) in [6, 6.07) is 7.69. The molecule has 1 heterocycles. The monoisotopic (exact) mass is 332 g/mol. The van der Waals surface area contributed by atoms with Crippen LogP contribution in [0.25, 0.3) is 0 Å². The molecule has 1 aromatic heterocycles. The Kier molecular flexibility index (Phi) is 4.42. The highest BCUT2D eigenvalue weighted by atomic mass is 32.2. The van der Waals surface area contributed by atoms with E-state index in [2.05, 4.69) is 15.5 Å². The van der Waals surface area contributed by atoms with Crippen LogP contribution in [-0.4, -0.2) is 40.6 Å². The molecule has 1 fully saturated rings. The third-order valence-corrected chi connectivity index (χ3v) is 4.58. The van der Waals surface area contributed by atoms with Gasteiger partial charge in [0.05, 0.1) is 5.75 Å². The number of carbonyl (C=O) groups excluding carboxylic acids is 1. The predicted molar refractivity (Wildman–Crippen MR) is 92.3 cm³/mol. The second kappa shape index (κ2) is 6.49. The second-order valence-corrected chi connectivity index (χ2v) is 6.71. The molecule has 0 aliphatic heterocycles. The topological polar surface area (TPSA) is 89.1 Å². The third kappa shape index (κ3) is 3.76. The summed E-state index contributed by atoms with van der Waals surface area (Å²) < 4.78 is 1.50. The van der Waals surface area contributed by atoms with E-state index < -0.39 is 0 Å². The number of anilines is 2. The number of carbonyl (C=O) groups is 1. The van der Waals surface area contributed by atoms with Gasteiger partial charge in [-0.3, -0.25) is 4.79 Å². The third-order valence-electron chi connectivity index (χ3n) is 3.63. The fourth-order valence-electron chi connectivity index (χ4n) is 2.18. The highest BCUT2D eigenvalue weighted by molar-refractivity contribution is 7.99. The molecule has 7 nitrogen and oxygen atoms in total. The zero-order valence-corrected chi connectivity index (χ0v) is 14.0. The van der Waals surface area contributed by atoms with Crippen LogP contribution in [0.4, 0.5) is 11.4 Å². The summed E-state index contributed by atoms with van der Waals surface area (Å²) >= 11 is 1.29. The second-order valence-electron chi connectivity index (χ2n) is 5.76. The minimum absolute atomic E-state index is 0.0939. The van der Waals surface area contributed by atoms with E-state index in [4.69, 9.17) is 5.84 Å². The van der Waals surface area contributed by atoms with Crippen LogP contribution in [0.3, 0.4) is 0 Å². The lowest BCUT2D eigenvalue weighted by Gasteiger charge is -2.13. The highest BCUT2D eigenvalue weighted by Crippen LogP contribution is 2.39. The Morgan fingerprint density at radius 3 is 2.65 bits per heavy atom. The summed E-state index contributed by atoms with van der Waals surface area (Å²) in [5.74, 6) is 7.36. The lowest BCUT2D eigenvalue weighted by molar-refractivity contribution is -0.113. The van der Waals surface area contributed by atoms with Gasteiger partial charge >= 0.3 is 0 Å². The Hall–Kier alpha value is -2.22. The number of aromatic nitrogens is 3. The summed E-state index contributed by atoms with van der Waals surface area (Å²) in [4.78, 5) is 14.0. The van der Waals surface area contributed by atoms with E-state index in [9.17, 15) is 4.79 Å². The molecule has 0 radical (unpaired) electrons. The van der Waals surface area contributed by atoms with Crippen LogP contribution in [0.1, 0.15) is 24.6 Å². The number of thioether (sulfide) groups is 1. The number of rotatable bonds is 6. The number of nitrogen functional groups attached to an aromatic ring is 1. The molecule has 1 amide bonds. The molecule has 2 aromatic rings. The average Bonchev–Trinajstić information content (AvgIpc) is 3.30. The number of benzene rings is 1. The number of nitrogens with zero attached hydrogens (tertiary/aromatic N) is 4. The fourth-order valence-corrected chi connectivity index (χ4v) is 2.84. The molecule has 23 heavy (non-hydrogen) atoms. The number of hydrogen-bond acceptors (Lipinski definition) is 6. The maximum Gasteiger partial charge on any atom is 0.234 e. The van der Waals surface area contributed by atoms with Crippen molar-refractivity contribution in [1.82, 2.24) is 14.9 Å². The van der Waals surface area contributed by atoms with Crippen molar-refractivity contribution in [1.29, 1.82) is 0 Å². The van der Waals surface area contributed by atoms with Gasteiger partial charge in [0.25, 0.3) is 0 Å². The van der Waals surface area contributed by atoms with Crippen LogP contribution in [0, 0.1) is 0 Å². The summed E-state index contributed by atoms with van der Waals surface area (Å²) in [6.07, 6.45) is 2.23. The molecule has 0 saturated heterocycles. The van der Waals surface area contributed by atoms with E-state index in [0.717, 1.165) is 30.0 Å². The molecule has 1 aromatic carbocycles. The fraction of sp³-hybridized carbons (Fsp3) is 0.400. The van der Waals surface area contributed by atoms with Crippen molar-refractivity contribution in [3.05, 3.63) is 30.1 Å². The maximum atomic E-state index is 12.0. The van der Waals surface area contributed by atoms with E-state index in [1.807, 2.05) is 43.3 Å². The Morgan fingerprint density at radius 2 is 2.04 bits per heavy atom. The van der Waals surface area contributed by atoms with E-state index in [-0.39, 0.29) is 11.7 Å². The van der Waals surface area contributed by atoms with Crippen molar-refractivity contribution < 1.29 is 4.79 Å². The van der Waals surface area contributed by atoms with E-state index in [1.165, 1.54) is 16.4 Å². The molecule has 0 spiro atoms. The van der Waals surface area contributed by atoms with Gasteiger partial charge in [-0.2, -0.15) is 0 Å². The van der Waals surface area contributed by atoms with Crippen LogP contribution in [-0.2, 0) is 4.79 Å². The molecular formula is C15H20N6OS. The maximum absolute atomic E-state index is 12.0. The van der Waals surface area contributed by atoms with Gasteiger partial charge < -0.3 is 16.1 Å². The first-order valence-electron chi connectivity index (χ1n) is 7.45. The SMILES string of the molecule is CN(C)c1ccc(NC(=O)CSc2nnc(C3CC3)n2N)cc1. The standard InChI is InChI=1S/C15H20N6OS/c1-20(2)12-7-5-11(6-8-12)17-13(22)9-23-15-19-18-14(21(15)16)10-3-4-10/h5-8,10H,3-4,9,16H2,1-2H3,(H,17,22). The van der Waals surface area contributed by atoms with Crippen molar-refractivity contribution in [3.63, 3.8) is 0 Å². The molecule has 3 rings (SSSR count). The summed E-state index contributed by atoms with van der Waals surface area (Å²) in [5.41, 5.74) is 1.86. The van der Waals surface area contributed by atoms with Crippen LogP contribution in [0.5, 0.6) is 0 Å². The number of amides is 1. The highest BCUT2D eigenvalue weighted by Gasteiger charge is 2.29. The lowest BCUT2D eigenvalue weighted by Crippen LogP contribution is -2.17. The Labute approximate surface area is 139 Å². The molecule has 1 saturated carbocycles. The van der Waals surface area contributed by atoms with Crippen molar-refractivity contribution in [2.45, 2.75) is 23.9 Å². The van der Waals surface area contributed by atoms with Gasteiger partial charge in [-0.1, -0.05) is 11.8 Å². The zero-order chi connectivity index (χ0) is 16.4. The largest absolute Gasteiger partial charge is 0.378 e. The Balaban J connectivity index is 1.53. The predicted octanol–water partition coefficient (Wildman–Crippen LogP) is 1.67. The summed E-state index contributed by atoms with van der Waals surface area (Å²) in [5, 5.41) is 11.6. The van der Waals surface area contributed by atoms with Crippen LogP contribution in [0.2, 0.25) is 0 Å². The molecule has 1 aliphatic rings. The van der Waals surface area contributed by atoms with E-state index in [0.29, 0.717) is 11.1 Å². The zero-order valence-electron chi connectivity index (χ0n) is 13.2. The average molecular weight is 332 g/mol. The number of nitrogens with two attached hydrogens (primary N) is 1. The quantitative estimate of drug-likeness (QED) is 0.618. The van der Waals surface area contributed by atoms with Crippen LogP contribution in [0.15, 0.2) is 29.4 Å². The molecule has 8 heteroatoms. The number of hydrogen-bond donors (Lipinski definition) is 2. The molecule has 0 atom stereocenters. The molecule has 3 N–H and O–H groups in total. The van der Waals surface area contributed by atoms with Gasteiger partial charge in [0.1, 0.15) is 0 Å². The van der Waals surface area contributed by atoms with Gasteiger partial charge in [0, 0.05) is 31.4 Å². The molecule has 1 aliphatic carbocycles. The van der Waals surface area contributed by atoms with Crippen molar-refractivity contribution >= 4 is 29.0 Å². The summed E-state index contributed by atoms with van der Waals surface area (Å²) in [7, 11) is 3.95. The van der Waals surface area contributed by atoms with E-state index >= 15 is 0 Å². The Bertz CT molecular complexity index is 692. The first-order valence-corrected chi connectivity index (χ1v) is 8.43. The van der Waals surface area contributed by atoms with Gasteiger partial charge in [0.2, 0.25) is 11.1 Å². The van der Waals surface area contributed by atoms with Crippen LogP contribution < -0.4 is 16.1 Å². The minimum Gasteiger partial charge on any atom is -0.378 e. The van der Waals surface area contributed by atoms with Gasteiger partial charge in [0.15, 0.2) is 5.82 Å². The van der Waals surface area contributed by atoms with Gasteiger partial charge in [-0.25, -0.2) is 4.68 Å². The molecule has 0 bridgehead atoms. The minimum atomic E-state index is -0.0939. The van der Waals surface area contributed by atoms with Crippen molar-refractivity contribution in [2.75, 3.05) is 35.9 Å². The van der Waals surface area contributed by atoms with Crippen molar-refractivity contribution in [2.24, 2.45) is 0 Å². The number of nitrogens with one attached hydrogen (secondary N) is 1. The normalized spacial score (nSPS) is 13.8. The smallest absolute Gasteiger partial charge is 0.234 e. The van der Waals surface area contributed by atoms with Crippen LogP contribution >= 0.6 is 11.8 Å². The van der Waals surface area contributed by atoms with Gasteiger partial charge in [-0.15, -0.1) is 10.2 Å². The van der Waals surface area contributed by atoms with Crippen molar-refractivity contribution in [3.8, 4) is 0 Å². The molecular weight excluding hydrogens is 312 g/mol. The first-order chi connectivity index (χ1) is 11.0.